The third kappa shape index (κ3) is 103. The molecular weight excluding hydrogens is 1080 g/mol. The van der Waals surface area contributed by atoms with Gasteiger partial charge in [-0.15, -0.1) is 0 Å². The second-order valence-corrected chi connectivity index (χ2v) is 9.81. The van der Waals surface area contributed by atoms with Crippen molar-refractivity contribution in [2.75, 3.05) is 53.9 Å². The van der Waals surface area contributed by atoms with Crippen LogP contribution in [-0.4, -0.2) is 198 Å². The van der Waals surface area contributed by atoms with Crippen molar-refractivity contribution >= 4 is 144 Å². The van der Waals surface area contributed by atoms with Gasteiger partial charge in [0.25, 0.3) is 0 Å². The molecule has 28 nitrogen and oxygen atoms in total. The largest absolute Gasteiger partial charge is 2.00 e. The van der Waals surface area contributed by atoms with E-state index in [4.69, 9.17) is 0 Å². The van der Waals surface area contributed by atoms with Gasteiger partial charge in [-0.1, -0.05) is 0 Å². The summed E-state index contributed by atoms with van der Waals surface area (Å²) in [6.45, 7) is 11.2. The summed E-state index contributed by atoms with van der Waals surface area (Å²) in [5.74, 6) is -13.7. The van der Waals surface area contributed by atoms with Crippen LogP contribution in [0.1, 0.15) is 41.5 Å². The van der Waals surface area contributed by atoms with Crippen LogP contribution in [0.25, 0.3) is 0 Å². The van der Waals surface area contributed by atoms with Gasteiger partial charge in [0.1, 0.15) is 0 Å². The number of carbonyl (C=O) groups excluding carboxylic acids is 14. The fourth-order valence-corrected chi connectivity index (χ4v) is 2.23. The molecule has 0 aromatic rings. The quantitative estimate of drug-likeness (QED) is 0.0473. The maximum Gasteiger partial charge on any atom is 2.00 e. The summed E-state index contributed by atoms with van der Waals surface area (Å²) < 4.78 is 34.7. The van der Waals surface area contributed by atoms with Gasteiger partial charge in [-0.3, -0.25) is 0 Å². The van der Waals surface area contributed by atoms with Crippen LogP contribution in [0.5, 0.6) is 0 Å². The summed E-state index contributed by atoms with van der Waals surface area (Å²) in [4.78, 5) is 141. The maximum atomic E-state index is 10.3. The van der Waals surface area contributed by atoms with E-state index in [1.165, 1.54) is 14.2 Å². The number of aliphatic carboxylic acids is 6. The molecule has 0 aliphatic carbocycles. The van der Waals surface area contributed by atoms with Gasteiger partial charge < -0.3 is 97.3 Å². The van der Waals surface area contributed by atoms with Crippen LogP contribution in [0.3, 0.4) is 0 Å². The van der Waals surface area contributed by atoms with Crippen molar-refractivity contribution in [1.82, 2.24) is 0 Å². The van der Waals surface area contributed by atoms with E-state index < -0.39 is 83.6 Å². The minimum absolute atomic E-state index is 0. The number of carboxylic acid groups (broad SMARTS) is 6. The Morgan fingerprint density at radius 2 is 0.384 bits per heavy atom. The molecule has 0 saturated heterocycles. The Bertz CT molecular complexity index is 1570. The second kappa shape index (κ2) is 67.5. The summed E-state index contributed by atoms with van der Waals surface area (Å²) in [5, 5.41) is 58.2. The standard InChI is InChI=1S/7C6H8O4.Ca.Mg.Zn/c1-9-5(7)3-4-6(8)10-2;6*1-2-10-6(9)4-3-5(7)8;;;/h3-4H,1-2H3;6*3-4H,2H2,1H3,(H,7,8);;;/q;;;;;;;3*+2/p-6/b7*4-3+;;;. The molecule has 0 aliphatic heterocycles. The third-order valence-electron chi connectivity index (χ3n) is 4.61. The smallest absolute Gasteiger partial charge is 0.545 e. The molecule has 0 N–H and O–H groups in total. The molecule has 0 saturated carbocycles. The van der Waals surface area contributed by atoms with Gasteiger partial charge in [-0.05, 0) is 78.0 Å². The van der Waals surface area contributed by atoms with E-state index in [0.29, 0.717) is 36.5 Å². The minimum atomic E-state index is -1.41. The van der Waals surface area contributed by atoms with Crippen molar-refractivity contribution in [3.05, 3.63) is 85.1 Å². The summed E-state index contributed by atoms with van der Waals surface area (Å²) in [6.07, 6.45) is 10.5. The van der Waals surface area contributed by atoms with E-state index in [0.717, 1.165) is 48.6 Å². The van der Waals surface area contributed by atoms with Gasteiger partial charge >= 0.3 is 128 Å². The van der Waals surface area contributed by atoms with Gasteiger partial charge in [-0.25, -0.2) is 38.4 Å². The Balaban J connectivity index is -0.0000000787. The number of esters is 8. The first-order valence-electron chi connectivity index (χ1n) is 18.9. The predicted octanol–water partition coefficient (Wildman–Crippen LogP) is -7.74. The molecule has 31 heteroatoms. The van der Waals surface area contributed by atoms with Crippen LogP contribution in [0.15, 0.2) is 85.1 Å². The number of carbonyl (C=O) groups is 14. The van der Waals surface area contributed by atoms with E-state index in [9.17, 15) is 97.8 Å². The van der Waals surface area contributed by atoms with Crippen molar-refractivity contribution in [3.8, 4) is 0 Å². The van der Waals surface area contributed by atoms with Crippen LogP contribution < -0.4 is 30.6 Å². The first-order chi connectivity index (χ1) is 32.7. The van der Waals surface area contributed by atoms with Crippen LogP contribution in [0, 0.1) is 0 Å². The molecule has 0 radical (unpaired) electrons. The zero-order valence-corrected chi connectivity index (χ0v) is 47.5. The normalized spacial score (nSPS) is 9.26. The van der Waals surface area contributed by atoms with Gasteiger partial charge in [0.2, 0.25) is 0 Å². The number of carboxylic acids is 6. The number of methoxy groups -OCH3 is 2. The Kier molecular flexibility index (Phi) is 82.5. The molecule has 0 spiro atoms. The predicted molar refractivity (Wildman–Crippen MR) is 229 cm³/mol. The summed E-state index contributed by atoms with van der Waals surface area (Å²) in [5.41, 5.74) is 0. The van der Waals surface area contributed by atoms with Crippen molar-refractivity contribution in [3.63, 3.8) is 0 Å². The van der Waals surface area contributed by atoms with Gasteiger partial charge in [0.05, 0.1) is 89.7 Å². The number of hydrogen-bond donors (Lipinski definition) is 0. The zero-order chi connectivity index (χ0) is 55.9. The Labute approximate surface area is 476 Å². The SMILES string of the molecule is CCOC(=O)/C=C/C(=O)[O-].CCOC(=O)/C=C/C(=O)[O-].CCOC(=O)/C=C/C(=O)[O-].CCOC(=O)/C=C/C(=O)[O-].CCOC(=O)/C=C/C(=O)[O-].CCOC(=O)/C=C/C(=O)[O-].COC(=O)/C=C/C(=O)OC.[Ca+2].[Mg+2].[Zn+2]. The molecule has 0 bridgehead atoms. The average molecular weight is 1130 g/mol. The van der Waals surface area contributed by atoms with E-state index >= 15 is 0 Å². The minimum Gasteiger partial charge on any atom is -0.545 e. The molecule has 0 heterocycles. The van der Waals surface area contributed by atoms with Gasteiger partial charge in [0.15, 0.2) is 0 Å². The van der Waals surface area contributed by atoms with Crippen LogP contribution >= 0.6 is 0 Å². The molecular formula is C42H50CaMgO28Zn. The molecule has 0 amide bonds. The Hall–Kier alpha value is -6.59. The molecule has 0 unspecified atom stereocenters. The third-order valence-corrected chi connectivity index (χ3v) is 4.61. The monoisotopic (exact) mass is 1130 g/mol. The van der Waals surface area contributed by atoms with Crippen molar-refractivity contribution in [2.24, 2.45) is 0 Å². The molecule has 0 aromatic heterocycles. The second-order valence-electron chi connectivity index (χ2n) is 9.81. The number of rotatable bonds is 20. The Morgan fingerprint density at radius 1 is 0.274 bits per heavy atom. The molecule has 0 aliphatic rings. The van der Waals surface area contributed by atoms with Gasteiger partial charge in [-0.2, -0.15) is 0 Å². The molecule has 392 valence electrons. The van der Waals surface area contributed by atoms with Crippen LogP contribution in [-0.2, 0) is 124 Å². The number of ether oxygens (including phenoxy) is 8. The maximum absolute atomic E-state index is 10.3. The molecule has 0 rings (SSSR count). The first kappa shape index (κ1) is 89.3. The van der Waals surface area contributed by atoms with Crippen LogP contribution in [0.4, 0.5) is 0 Å². The number of hydrogen-bond acceptors (Lipinski definition) is 28. The zero-order valence-electron chi connectivity index (χ0n) is 40.9. The fraction of sp³-hybridized carbons (Fsp3) is 0.333. The van der Waals surface area contributed by atoms with E-state index in [2.05, 4.69) is 37.9 Å². The summed E-state index contributed by atoms with van der Waals surface area (Å²) in [7, 11) is 2.45. The van der Waals surface area contributed by atoms with E-state index in [1.807, 2.05) is 0 Å². The van der Waals surface area contributed by atoms with Crippen molar-refractivity contribution < 1.29 is 155 Å². The summed E-state index contributed by atoms with van der Waals surface area (Å²) in [6, 6.07) is 0. The first-order valence-corrected chi connectivity index (χ1v) is 18.9. The molecule has 73 heavy (non-hydrogen) atoms. The Morgan fingerprint density at radius 3 is 0.466 bits per heavy atom. The van der Waals surface area contributed by atoms with Crippen LogP contribution in [0.2, 0.25) is 0 Å². The fourth-order valence-electron chi connectivity index (χ4n) is 2.23. The van der Waals surface area contributed by atoms with Gasteiger partial charge in [0, 0.05) is 48.6 Å². The van der Waals surface area contributed by atoms with Crippen molar-refractivity contribution in [1.29, 1.82) is 0 Å². The molecule has 0 atom stereocenters. The van der Waals surface area contributed by atoms with E-state index in [-0.39, 0.29) is 120 Å². The molecule has 0 aromatic carbocycles. The van der Waals surface area contributed by atoms with E-state index in [1.54, 1.807) is 41.5 Å². The molecule has 0 fully saturated rings. The summed E-state index contributed by atoms with van der Waals surface area (Å²) >= 11 is 0. The van der Waals surface area contributed by atoms with Crippen molar-refractivity contribution in [2.45, 2.75) is 41.5 Å². The average Bonchev–Trinajstić information content (AvgIpc) is 3.28. The topological polar surface area (TPSA) is 451 Å².